The van der Waals surface area contributed by atoms with Gasteiger partial charge in [0.05, 0.1) is 0 Å². The van der Waals surface area contributed by atoms with Gasteiger partial charge in [0.2, 0.25) is 0 Å². The molecule has 7 nitrogen and oxygen atoms in total. The van der Waals surface area contributed by atoms with Crippen molar-refractivity contribution >= 4 is 39.6 Å². The van der Waals surface area contributed by atoms with Gasteiger partial charge < -0.3 is 15.2 Å². The zero-order chi connectivity index (χ0) is 23.5. The first-order valence-electron chi connectivity index (χ1n) is 10.3. The summed E-state index contributed by atoms with van der Waals surface area (Å²) in [5.41, 5.74) is 5.04. The van der Waals surface area contributed by atoms with E-state index in [1.165, 1.54) is 19.1 Å². The molecule has 1 atom stereocenters. The molecule has 0 heterocycles. The second-order valence-electron chi connectivity index (χ2n) is 7.71. The van der Waals surface area contributed by atoms with Gasteiger partial charge in [0.1, 0.15) is 12.6 Å². The molecule has 0 saturated heterocycles. The number of ether oxygens (including phenoxy) is 1. The van der Waals surface area contributed by atoms with Gasteiger partial charge in [-0.3, -0.25) is 14.9 Å². The summed E-state index contributed by atoms with van der Waals surface area (Å²) in [5, 5.41) is 14.0. The Labute approximate surface area is 198 Å². The van der Waals surface area contributed by atoms with E-state index in [0.717, 1.165) is 22.3 Å². The lowest BCUT2D eigenvalue weighted by Gasteiger charge is -2.15. The van der Waals surface area contributed by atoms with Crippen LogP contribution in [0.2, 0.25) is 0 Å². The van der Waals surface area contributed by atoms with Crippen LogP contribution in [0.4, 0.5) is 10.5 Å². The number of nitrogens with one attached hydrogen (secondary N) is 2. The maximum atomic E-state index is 12.5. The van der Waals surface area contributed by atoms with Crippen molar-refractivity contribution in [2.75, 3.05) is 11.9 Å². The van der Waals surface area contributed by atoms with Crippen molar-refractivity contribution in [1.29, 1.82) is 0 Å². The number of aliphatic carboxylic acids is 1. The van der Waals surface area contributed by atoms with E-state index in [0.29, 0.717) is 10.2 Å². The first-order valence-corrected chi connectivity index (χ1v) is 11.1. The molecule has 2 amide bonds. The number of hydrogen-bond donors (Lipinski definition) is 3. The molecule has 168 valence electrons. The smallest absolute Gasteiger partial charge is 0.411 e. The SMILES string of the molecule is C[C@H](NC(=O)c1cc(Br)cc(NC(=O)OCC2c3ccccc3-c3ccccc32)c1)C(=O)O. The number of halogens is 1. The Kier molecular flexibility index (Phi) is 6.46. The van der Waals surface area contributed by atoms with E-state index in [2.05, 4.69) is 38.7 Å². The third-order valence-electron chi connectivity index (χ3n) is 5.47. The molecule has 4 rings (SSSR count). The monoisotopic (exact) mass is 508 g/mol. The van der Waals surface area contributed by atoms with Crippen LogP contribution in [-0.2, 0) is 9.53 Å². The van der Waals surface area contributed by atoms with E-state index >= 15 is 0 Å². The maximum absolute atomic E-state index is 12.5. The summed E-state index contributed by atoms with van der Waals surface area (Å²) >= 11 is 3.31. The van der Waals surface area contributed by atoms with Crippen molar-refractivity contribution in [1.82, 2.24) is 5.32 Å². The fourth-order valence-electron chi connectivity index (χ4n) is 3.89. The molecule has 0 spiro atoms. The molecule has 0 aromatic heterocycles. The van der Waals surface area contributed by atoms with E-state index < -0.39 is 24.0 Å². The van der Waals surface area contributed by atoms with Crippen molar-refractivity contribution in [2.45, 2.75) is 18.9 Å². The lowest BCUT2D eigenvalue weighted by atomic mass is 9.98. The zero-order valence-corrected chi connectivity index (χ0v) is 19.3. The lowest BCUT2D eigenvalue weighted by molar-refractivity contribution is -0.138. The highest BCUT2D eigenvalue weighted by Gasteiger charge is 2.29. The van der Waals surface area contributed by atoms with Crippen LogP contribution in [0, 0.1) is 0 Å². The summed E-state index contributed by atoms with van der Waals surface area (Å²) in [5.74, 6) is -1.78. The third-order valence-corrected chi connectivity index (χ3v) is 5.93. The molecule has 3 aromatic carbocycles. The molecule has 3 N–H and O–H groups in total. The van der Waals surface area contributed by atoms with Gasteiger partial charge in [-0.1, -0.05) is 64.5 Å². The maximum Gasteiger partial charge on any atom is 0.411 e. The molecule has 3 aromatic rings. The molecule has 33 heavy (non-hydrogen) atoms. The molecular weight excluding hydrogens is 488 g/mol. The quantitative estimate of drug-likeness (QED) is 0.433. The number of carbonyl (C=O) groups is 3. The van der Waals surface area contributed by atoms with Crippen LogP contribution in [0.5, 0.6) is 0 Å². The zero-order valence-electron chi connectivity index (χ0n) is 17.7. The minimum absolute atomic E-state index is 0.0653. The highest BCUT2D eigenvalue weighted by atomic mass is 79.9. The number of fused-ring (bicyclic) bond motifs is 3. The lowest BCUT2D eigenvalue weighted by Crippen LogP contribution is -2.38. The molecule has 1 aliphatic carbocycles. The number of anilines is 1. The molecular formula is C25H21BrN2O5. The van der Waals surface area contributed by atoms with Gasteiger partial charge in [0, 0.05) is 21.6 Å². The molecule has 0 saturated carbocycles. The summed E-state index contributed by atoms with van der Waals surface area (Å²) in [6, 6.07) is 19.7. The predicted molar refractivity (Wildman–Crippen MR) is 127 cm³/mol. The Bertz CT molecular complexity index is 1200. The molecule has 0 fully saturated rings. The van der Waals surface area contributed by atoms with Crippen LogP contribution in [0.25, 0.3) is 11.1 Å². The summed E-state index contributed by atoms with van der Waals surface area (Å²) in [7, 11) is 0. The van der Waals surface area contributed by atoms with Gasteiger partial charge in [-0.2, -0.15) is 0 Å². The first-order chi connectivity index (χ1) is 15.8. The molecule has 0 bridgehead atoms. The highest BCUT2D eigenvalue weighted by Crippen LogP contribution is 2.44. The third kappa shape index (κ3) is 4.90. The van der Waals surface area contributed by atoms with Crippen molar-refractivity contribution in [3.05, 3.63) is 87.9 Å². The predicted octanol–water partition coefficient (Wildman–Crippen LogP) is 5.01. The van der Waals surface area contributed by atoms with Crippen LogP contribution in [0.3, 0.4) is 0 Å². The molecule has 0 aliphatic heterocycles. The molecule has 0 radical (unpaired) electrons. The van der Waals surface area contributed by atoms with Crippen molar-refractivity contribution < 1.29 is 24.2 Å². The van der Waals surface area contributed by atoms with Gasteiger partial charge in [0.25, 0.3) is 5.91 Å². The van der Waals surface area contributed by atoms with E-state index in [1.807, 2.05) is 36.4 Å². The number of carbonyl (C=O) groups excluding carboxylic acids is 2. The second kappa shape index (κ2) is 9.46. The minimum atomic E-state index is -1.14. The summed E-state index contributed by atoms with van der Waals surface area (Å²) in [6.45, 7) is 1.53. The van der Waals surface area contributed by atoms with Crippen LogP contribution in [-0.4, -0.2) is 35.7 Å². The van der Waals surface area contributed by atoms with E-state index in [9.17, 15) is 14.4 Å². The number of hydrogen-bond acceptors (Lipinski definition) is 4. The normalized spacial score (nSPS) is 12.9. The number of benzene rings is 3. The van der Waals surface area contributed by atoms with Crippen LogP contribution in [0.15, 0.2) is 71.2 Å². The van der Waals surface area contributed by atoms with Gasteiger partial charge in [-0.15, -0.1) is 0 Å². The fraction of sp³-hybridized carbons (Fsp3) is 0.160. The number of carboxylic acids is 1. The standard InChI is InChI=1S/C25H21BrN2O5/c1-14(24(30)31)27-23(29)15-10-16(26)12-17(11-15)28-25(32)33-13-22-20-8-4-2-6-18(20)19-7-3-5-9-21(19)22/h2-12,14,22H,13H2,1H3,(H,27,29)(H,28,32)(H,30,31)/t14-/m0/s1. The van der Waals surface area contributed by atoms with Crippen molar-refractivity contribution in [3.8, 4) is 11.1 Å². The Balaban J connectivity index is 1.44. The second-order valence-corrected chi connectivity index (χ2v) is 8.63. The molecule has 0 unspecified atom stereocenters. The Morgan fingerprint density at radius 3 is 2.21 bits per heavy atom. The Morgan fingerprint density at radius 2 is 1.61 bits per heavy atom. The van der Waals surface area contributed by atoms with Crippen LogP contribution in [0.1, 0.15) is 34.3 Å². The largest absolute Gasteiger partial charge is 0.480 e. The van der Waals surface area contributed by atoms with Crippen molar-refractivity contribution in [3.63, 3.8) is 0 Å². The number of amides is 2. The van der Waals surface area contributed by atoms with Gasteiger partial charge in [-0.05, 0) is 47.4 Å². The minimum Gasteiger partial charge on any atom is -0.480 e. The summed E-state index contributed by atoms with van der Waals surface area (Å²) < 4.78 is 6.08. The Morgan fingerprint density at radius 1 is 1.00 bits per heavy atom. The topological polar surface area (TPSA) is 105 Å². The summed E-state index contributed by atoms with van der Waals surface area (Å²) in [4.78, 5) is 35.9. The van der Waals surface area contributed by atoms with E-state index in [1.54, 1.807) is 6.07 Å². The van der Waals surface area contributed by atoms with Crippen LogP contribution >= 0.6 is 15.9 Å². The molecule has 1 aliphatic rings. The number of rotatable bonds is 6. The van der Waals surface area contributed by atoms with E-state index in [-0.39, 0.29) is 18.1 Å². The van der Waals surface area contributed by atoms with Gasteiger partial charge in [0.15, 0.2) is 0 Å². The Hall–Kier alpha value is -3.65. The average Bonchev–Trinajstić information content (AvgIpc) is 3.11. The summed E-state index contributed by atoms with van der Waals surface area (Å²) in [6.07, 6.45) is -0.653. The number of carboxylic acid groups (broad SMARTS) is 1. The van der Waals surface area contributed by atoms with E-state index in [4.69, 9.17) is 9.84 Å². The van der Waals surface area contributed by atoms with Crippen LogP contribution < -0.4 is 10.6 Å². The van der Waals surface area contributed by atoms with Crippen molar-refractivity contribution in [2.24, 2.45) is 0 Å². The highest BCUT2D eigenvalue weighted by molar-refractivity contribution is 9.10. The van der Waals surface area contributed by atoms with Gasteiger partial charge >= 0.3 is 12.1 Å². The average molecular weight is 509 g/mol. The fourth-order valence-corrected chi connectivity index (χ4v) is 4.38. The van der Waals surface area contributed by atoms with Gasteiger partial charge in [-0.25, -0.2) is 4.79 Å². The first kappa shape index (κ1) is 22.5. The molecule has 8 heteroatoms.